The molecule has 4 rings (SSSR count). The van der Waals surface area contributed by atoms with Crippen LogP contribution in [0.4, 0.5) is 0 Å². The Morgan fingerprint density at radius 2 is 1.00 bits per heavy atom. The van der Waals surface area contributed by atoms with Crippen molar-refractivity contribution in [2.24, 2.45) is 11.8 Å². The maximum atomic E-state index is 13.6. The van der Waals surface area contributed by atoms with Crippen molar-refractivity contribution < 1.29 is 4.79 Å². The van der Waals surface area contributed by atoms with Crippen molar-refractivity contribution in [1.82, 2.24) is 9.80 Å². The second-order valence-corrected chi connectivity index (χ2v) is 11.9. The second kappa shape index (κ2) is 13.8. The van der Waals surface area contributed by atoms with Gasteiger partial charge in [-0.1, -0.05) is 47.5 Å². The maximum Gasteiger partial charge on any atom is 0.169 e. The first kappa shape index (κ1) is 28.2. The predicted molar refractivity (Wildman–Crippen MR) is 153 cm³/mol. The second-order valence-electron chi connectivity index (χ2n) is 10.4. The van der Waals surface area contributed by atoms with Crippen molar-refractivity contribution in [1.29, 1.82) is 0 Å². The molecule has 2 aliphatic rings. The van der Waals surface area contributed by atoms with Gasteiger partial charge in [-0.25, -0.2) is 0 Å². The van der Waals surface area contributed by atoms with Crippen LogP contribution in [0.5, 0.6) is 0 Å². The van der Waals surface area contributed by atoms with Gasteiger partial charge in [0.15, 0.2) is 5.78 Å². The topological polar surface area (TPSA) is 23.6 Å². The normalized spacial score (nSPS) is 20.3. The van der Waals surface area contributed by atoms with Crippen molar-refractivity contribution in [3.8, 4) is 0 Å². The van der Waals surface area contributed by atoms with E-state index in [4.69, 9.17) is 46.4 Å². The number of Topliss-reactive ketones (excluding diaryl/α,β-unsaturated/α-hetero) is 1. The highest BCUT2D eigenvalue weighted by Gasteiger charge is 2.36. The quantitative estimate of drug-likeness (QED) is 0.288. The number of alkyl halides is 2. The van der Waals surface area contributed by atoms with Gasteiger partial charge in [-0.05, 0) is 112 Å². The summed E-state index contributed by atoms with van der Waals surface area (Å²) >= 11 is 24.8. The monoisotopic (exact) mass is 568 g/mol. The number of nitrogens with zero attached hydrogens (tertiary/aromatic N) is 2. The van der Waals surface area contributed by atoms with Crippen molar-refractivity contribution in [3.05, 3.63) is 69.7 Å². The van der Waals surface area contributed by atoms with E-state index in [1.807, 2.05) is 24.3 Å². The zero-order valence-electron chi connectivity index (χ0n) is 20.7. The van der Waals surface area contributed by atoms with Gasteiger partial charge in [0.05, 0.1) is 12.1 Å². The van der Waals surface area contributed by atoms with E-state index in [-0.39, 0.29) is 17.9 Å². The summed E-state index contributed by atoms with van der Waals surface area (Å²) in [4.78, 5) is 18.2. The Hall–Kier alpha value is -0.810. The van der Waals surface area contributed by atoms with Gasteiger partial charge in [0.25, 0.3) is 0 Å². The Balaban J connectivity index is 1.27. The number of benzene rings is 2. The Labute approximate surface area is 236 Å². The average Bonchev–Trinajstić information content (AvgIpc) is 2.90. The van der Waals surface area contributed by atoms with Crippen molar-refractivity contribution in [2.45, 2.75) is 50.6 Å². The van der Waals surface area contributed by atoms with Crippen LogP contribution in [0, 0.1) is 11.8 Å². The third-order valence-electron chi connectivity index (χ3n) is 8.00. The highest BCUT2D eigenvalue weighted by atomic mass is 35.5. The number of carbonyl (C=O) groups is 1. The number of piperidine rings is 2. The smallest absolute Gasteiger partial charge is 0.169 e. The van der Waals surface area contributed by atoms with Crippen LogP contribution in [-0.4, -0.2) is 65.6 Å². The SMILES string of the molecule is O=C(C(CCl)N1CCC(Cc2ccc(Cl)cc2)CC1)C(CCl)N1CCC(Cc2ccc(Cl)cc2)CC1. The number of hydrogen-bond donors (Lipinski definition) is 0. The fourth-order valence-electron chi connectivity index (χ4n) is 5.77. The molecule has 2 saturated heterocycles. The number of halogens is 4. The molecule has 0 saturated carbocycles. The van der Waals surface area contributed by atoms with Crippen LogP contribution in [0.2, 0.25) is 10.0 Å². The first-order valence-electron chi connectivity index (χ1n) is 13.1. The summed E-state index contributed by atoms with van der Waals surface area (Å²) in [5.41, 5.74) is 2.65. The van der Waals surface area contributed by atoms with Crippen LogP contribution in [0.3, 0.4) is 0 Å². The highest BCUT2D eigenvalue weighted by Crippen LogP contribution is 2.27. The van der Waals surface area contributed by atoms with Gasteiger partial charge >= 0.3 is 0 Å². The van der Waals surface area contributed by atoms with Gasteiger partial charge in [0.1, 0.15) is 0 Å². The van der Waals surface area contributed by atoms with Gasteiger partial charge in [0.2, 0.25) is 0 Å². The summed E-state index contributed by atoms with van der Waals surface area (Å²) in [5, 5.41) is 1.55. The third-order valence-corrected chi connectivity index (χ3v) is 9.09. The Kier molecular flexibility index (Phi) is 10.8. The summed E-state index contributed by atoms with van der Waals surface area (Å²) in [6.45, 7) is 3.61. The molecule has 2 aliphatic heterocycles. The zero-order chi connectivity index (χ0) is 25.5. The molecule has 3 nitrogen and oxygen atoms in total. The molecule has 196 valence electrons. The van der Waals surface area contributed by atoms with E-state index < -0.39 is 0 Å². The van der Waals surface area contributed by atoms with E-state index in [9.17, 15) is 4.79 Å². The van der Waals surface area contributed by atoms with Crippen LogP contribution in [0.1, 0.15) is 36.8 Å². The number of likely N-dealkylation sites (tertiary alicyclic amines) is 2. The summed E-state index contributed by atoms with van der Waals surface area (Å²) in [6.07, 6.45) is 6.41. The fourth-order valence-corrected chi connectivity index (χ4v) is 6.72. The van der Waals surface area contributed by atoms with Crippen molar-refractivity contribution in [2.75, 3.05) is 37.9 Å². The van der Waals surface area contributed by atoms with Gasteiger partial charge in [-0.3, -0.25) is 14.6 Å². The molecule has 2 atom stereocenters. The molecule has 2 aromatic carbocycles. The molecule has 0 N–H and O–H groups in total. The van der Waals surface area contributed by atoms with Crippen LogP contribution >= 0.6 is 46.4 Å². The van der Waals surface area contributed by atoms with Gasteiger partial charge in [-0.2, -0.15) is 0 Å². The lowest BCUT2D eigenvalue weighted by atomic mass is 9.88. The molecule has 0 amide bonds. The predicted octanol–water partition coefficient (Wildman–Crippen LogP) is 6.99. The average molecular weight is 570 g/mol. The number of rotatable bonds is 10. The maximum absolute atomic E-state index is 13.6. The third kappa shape index (κ3) is 7.62. The van der Waals surface area contributed by atoms with Crippen LogP contribution < -0.4 is 0 Å². The molecule has 0 aliphatic carbocycles. The van der Waals surface area contributed by atoms with E-state index in [1.165, 1.54) is 11.1 Å². The molecule has 2 fully saturated rings. The molecular weight excluding hydrogens is 534 g/mol. The molecule has 0 spiro atoms. The van der Waals surface area contributed by atoms with Crippen molar-refractivity contribution >= 4 is 52.2 Å². The zero-order valence-corrected chi connectivity index (χ0v) is 23.8. The van der Waals surface area contributed by atoms with Gasteiger partial charge in [0, 0.05) is 21.8 Å². The highest BCUT2D eigenvalue weighted by molar-refractivity contribution is 6.30. The van der Waals surface area contributed by atoms with E-state index in [0.29, 0.717) is 23.6 Å². The van der Waals surface area contributed by atoms with Crippen LogP contribution in [0.25, 0.3) is 0 Å². The Morgan fingerprint density at radius 3 is 1.31 bits per heavy atom. The lowest BCUT2D eigenvalue weighted by Crippen LogP contribution is -2.56. The molecule has 36 heavy (non-hydrogen) atoms. The number of carbonyl (C=O) groups excluding carboxylic acids is 1. The van der Waals surface area contributed by atoms with Gasteiger partial charge in [-0.15, -0.1) is 23.2 Å². The minimum Gasteiger partial charge on any atom is -0.296 e. The number of ketones is 1. The molecule has 2 heterocycles. The molecule has 0 aromatic heterocycles. The molecule has 7 heteroatoms. The lowest BCUT2D eigenvalue weighted by Gasteiger charge is -2.41. The summed E-state index contributed by atoms with van der Waals surface area (Å²) in [5.74, 6) is 2.07. The summed E-state index contributed by atoms with van der Waals surface area (Å²) in [7, 11) is 0. The fraction of sp³-hybridized carbons (Fsp3) is 0.552. The van der Waals surface area contributed by atoms with E-state index >= 15 is 0 Å². The first-order valence-corrected chi connectivity index (χ1v) is 14.9. The minimum atomic E-state index is -0.265. The van der Waals surface area contributed by atoms with E-state index in [0.717, 1.165) is 74.7 Å². The first-order chi connectivity index (χ1) is 17.5. The number of hydrogen-bond acceptors (Lipinski definition) is 3. The molecule has 0 radical (unpaired) electrons. The lowest BCUT2D eigenvalue weighted by molar-refractivity contribution is -0.129. The molecule has 2 unspecified atom stereocenters. The minimum absolute atomic E-state index is 0.187. The standard InChI is InChI=1S/C29H36Cl4N2O/c30-19-27(34-13-9-23(10-14-34)17-21-1-5-25(32)6-2-21)29(36)28(20-31)35-15-11-24(12-16-35)18-22-3-7-26(33)8-4-22/h1-8,23-24,27-28H,9-20H2. The van der Waals surface area contributed by atoms with Crippen LogP contribution in [0.15, 0.2) is 48.5 Å². The molecule has 0 bridgehead atoms. The van der Waals surface area contributed by atoms with Gasteiger partial charge < -0.3 is 0 Å². The molecular formula is C29H36Cl4N2O. The Bertz CT molecular complexity index is 875. The van der Waals surface area contributed by atoms with Crippen LogP contribution in [-0.2, 0) is 17.6 Å². The Morgan fingerprint density at radius 1 is 0.667 bits per heavy atom. The van der Waals surface area contributed by atoms with E-state index in [2.05, 4.69) is 34.1 Å². The summed E-state index contributed by atoms with van der Waals surface area (Å²) in [6, 6.07) is 15.8. The van der Waals surface area contributed by atoms with Crippen molar-refractivity contribution in [3.63, 3.8) is 0 Å². The van der Waals surface area contributed by atoms with E-state index in [1.54, 1.807) is 0 Å². The largest absolute Gasteiger partial charge is 0.296 e. The summed E-state index contributed by atoms with van der Waals surface area (Å²) < 4.78 is 0. The molecule has 2 aromatic rings.